The molecule has 0 spiro atoms. The lowest BCUT2D eigenvalue weighted by molar-refractivity contribution is 0.186. The molecule has 2 aromatic heterocycles. The Kier molecular flexibility index (Phi) is 5.60. The largest absolute Gasteiger partial charge is 0.347 e. The van der Waals surface area contributed by atoms with E-state index in [0.717, 1.165) is 17.0 Å². The lowest BCUT2D eigenvalue weighted by Crippen LogP contribution is -2.49. The van der Waals surface area contributed by atoms with Gasteiger partial charge in [-0.2, -0.15) is 4.31 Å². The van der Waals surface area contributed by atoms with Crippen LogP contribution in [0.5, 0.6) is 0 Å². The third-order valence-corrected chi connectivity index (χ3v) is 6.60. The predicted molar refractivity (Wildman–Crippen MR) is 100 cm³/mol. The van der Waals surface area contributed by atoms with E-state index < -0.39 is 28.1 Å². The van der Waals surface area contributed by atoms with Crippen molar-refractivity contribution < 1.29 is 17.2 Å². The van der Waals surface area contributed by atoms with Crippen LogP contribution < -0.4 is 5.32 Å². The Morgan fingerprint density at radius 3 is 2.78 bits per heavy atom. The van der Waals surface area contributed by atoms with Crippen molar-refractivity contribution in [2.45, 2.75) is 44.8 Å². The molecule has 3 rings (SSSR count). The highest BCUT2D eigenvalue weighted by Crippen LogP contribution is 2.33. The van der Waals surface area contributed by atoms with E-state index in [1.165, 1.54) is 10.7 Å². The molecule has 1 N–H and O–H groups in total. The van der Waals surface area contributed by atoms with E-state index in [9.17, 15) is 17.2 Å². The molecule has 0 bridgehead atoms. The van der Waals surface area contributed by atoms with Gasteiger partial charge < -0.3 is 5.32 Å². The molecule has 1 unspecified atom stereocenters. The van der Waals surface area contributed by atoms with Crippen LogP contribution in [-0.2, 0) is 10.0 Å². The Balaban J connectivity index is 1.86. The van der Waals surface area contributed by atoms with Crippen LogP contribution in [0.25, 0.3) is 5.52 Å². The summed E-state index contributed by atoms with van der Waals surface area (Å²) in [5, 5.41) is 7.21. The van der Waals surface area contributed by atoms with E-state index in [4.69, 9.17) is 11.6 Å². The molecule has 1 saturated heterocycles. The maximum absolute atomic E-state index is 14.4. The number of nitrogens with one attached hydrogen (secondary N) is 1. The summed E-state index contributed by atoms with van der Waals surface area (Å²) < 4.78 is 54.4. The molecule has 11 heteroatoms. The number of alkyl halides is 1. The van der Waals surface area contributed by atoms with Crippen molar-refractivity contribution in [1.29, 1.82) is 0 Å². The van der Waals surface area contributed by atoms with E-state index in [1.807, 2.05) is 13.8 Å². The zero-order chi connectivity index (χ0) is 19.9. The standard InChI is InChI=1S/C16H22ClF2N5O2S/c1-4-9(2)15-13(17)14(19)12-7-20-16(22-24(12)15)21-11-5-6-23(8-10(11)18)27(3,25)26/h7,9-11H,4-6,8H2,1-3H3,(H,21,22)/t9?,10-,11-/m1/s1. The summed E-state index contributed by atoms with van der Waals surface area (Å²) in [6.07, 6.45) is 1.97. The molecule has 0 amide bonds. The van der Waals surface area contributed by atoms with E-state index in [-0.39, 0.29) is 41.9 Å². The van der Waals surface area contributed by atoms with Gasteiger partial charge in [0.25, 0.3) is 0 Å². The van der Waals surface area contributed by atoms with Crippen LogP contribution >= 0.6 is 11.6 Å². The van der Waals surface area contributed by atoms with Crippen molar-refractivity contribution in [3.63, 3.8) is 0 Å². The van der Waals surface area contributed by atoms with Crippen molar-refractivity contribution in [3.8, 4) is 0 Å². The highest BCUT2D eigenvalue weighted by molar-refractivity contribution is 7.88. The van der Waals surface area contributed by atoms with Gasteiger partial charge in [0.2, 0.25) is 16.0 Å². The molecule has 2 aromatic rings. The molecule has 0 saturated carbocycles. The molecule has 1 aliphatic rings. The van der Waals surface area contributed by atoms with Gasteiger partial charge in [0.15, 0.2) is 5.82 Å². The molecule has 1 fully saturated rings. The Morgan fingerprint density at radius 1 is 1.48 bits per heavy atom. The van der Waals surface area contributed by atoms with E-state index in [2.05, 4.69) is 15.4 Å². The third kappa shape index (κ3) is 3.88. The van der Waals surface area contributed by atoms with Gasteiger partial charge in [-0.3, -0.25) is 0 Å². The number of piperidine rings is 1. The molecule has 0 radical (unpaired) electrons. The third-order valence-electron chi connectivity index (χ3n) is 4.97. The predicted octanol–water partition coefficient (Wildman–Crippen LogP) is 2.82. The highest BCUT2D eigenvalue weighted by Gasteiger charge is 2.33. The maximum Gasteiger partial charge on any atom is 0.241 e. The molecule has 3 heterocycles. The SMILES string of the molecule is CCC(C)c1c(Cl)c(F)c2cnc(N[C@@H]3CCN(S(C)(=O)=O)C[C@H]3F)nn12. The van der Waals surface area contributed by atoms with Gasteiger partial charge >= 0.3 is 0 Å². The average Bonchev–Trinajstić information content (AvgIpc) is 2.86. The average molecular weight is 422 g/mol. The minimum Gasteiger partial charge on any atom is -0.347 e. The van der Waals surface area contributed by atoms with E-state index >= 15 is 0 Å². The summed E-state index contributed by atoms with van der Waals surface area (Å²) in [5.41, 5.74) is 0.699. The summed E-state index contributed by atoms with van der Waals surface area (Å²) in [5.74, 6) is -0.466. The summed E-state index contributed by atoms with van der Waals surface area (Å²) in [6, 6.07) is -0.636. The number of nitrogens with zero attached hydrogens (tertiary/aromatic N) is 4. The summed E-state index contributed by atoms with van der Waals surface area (Å²) in [6.45, 7) is 3.87. The fraction of sp³-hybridized carbons (Fsp3) is 0.625. The number of hydrogen-bond donors (Lipinski definition) is 1. The zero-order valence-corrected chi connectivity index (χ0v) is 16.9. The Morgan fingerprint density at radius 2 is 2.19 bits per heavy atom. The minimum absolute atomic E-state index is 0.0145. The molecule has 7 nitrogen and oxygen atoms in total. The molecular formula is C16H22ClF2N5O2S. The Bertz CT molecular complexity index is 952. The monoisotopic (exact) mass is 421 g/mol. The second-order valence-electron chi connectivity index (χ2n) is 6.88. The number of halogens is 3. The molecule has 0 aliphatic carbocycles. The summed E-state index contributed by atoms with van der Waals surface area (Å²) in [7, 11) is -3.43. The molecular weight excluding hydrogens is 400 g/mol. The molecule has 3 atom stereocenters. The van der Waals surface area contributed by atoms with Crippen molar-refractivity contribution >= 4 is 33.1 Å². The van der Waals surface area contributed by atoms with Gasteiger partial charge in [0, 0.05) is 13.1 Å². The van der Waals surface area contributed by atoms with Crippen molar-refractivity contribution in [3.05, 3.63) is 22.7 Å². The first-order chi connectivity index (χ1) is 12.6. The van der Waals surface area contributed by atoms with Gasteiger partial charge in [0.1, 0.15) is 16.7 Å². The quantitative estimate of drug-likeness (QED) is 0.803. The maximum atomic E-state index is 14.4. The first kappa shape index (κ1) is 20.2. The van der Waals surface area contributed by atoms with Crippen LogP contribution in [0.3, 0.4) is 0 Å². The summed E-state index contributed by atoms with van der Waals surface area (Å²) >= 11 is 6.13. The smallest absolute Gasteiger partial charge is 0.241 e. The highest BCUT2D eigenvalue weighted by atomic mass is 35.5. The molecule has 0 aromatic carbocycles. The molecule has 150 valence electrons. The van der Waals surface area contributed by atoms with Crippen LogP contribution in [0.15, 0.2) is 6.20 Å². The lowest BCUT2D eigenvalue weighted by atomic mass is 10.1. The van der Waals surface area contributed by atoms with Crippen LogP contribution in [0.2, 0.25) is 5.02 Å². The van der Waals surface area contributed by atoms with Crippen LogP contribution in [0.1, 0.15) is 38.3 Å². The molecule has 27 heavy (non-hydrogen) atoms. The minimum atomic E-state index is -3.43. The zero-order valence-electron chi connectivity index (χ0n) is 15.3. The van der Waals surface area contributed by atoms with Gasteiger partial charge in [-0.05, 0) is 18.8 Å². The second kappa shape index (κ2) is 7.48. The van der Waals surface area contributed by atoms with Crippen LogP contribution in [-0.4, -0.2) is 58.9 Å². The number of rotatable bonds is 5. The van der Waals surface area contributed by atoms with E-state index in [0.29, 0.717) is 5.69 Å². The Hall–Kier alpha value is -1.52. The number of fused-ring (bicyclic) bond motifs is 1. The van der Waals surface area contributed by atoms with Gasteiger partial charge in [0.05, 0.1) is 24.2 Å². The molecule has 1 aliphatic heterocycles. The van der Waals surface area contributed by atoms with Crippen LogP contribution in [0, 0.1) is 5.82 Å². The van der Waals surface area contributed by atoms with Crippen molar-refractivity contribution in [2.75, 3.05) is 24.7 Å². The fourth-order valence-electron chi connectivity index (χ4n) is 3.19. The number of anilines is 1. The first-order valence-corrected chi connectivity index (χ1v) is 10.9. The van der Waals surface area contributed by atoms with E-state index in [1.54, 1.807) is 0 Å². The Labute approximate surface area is 161 Å². The second-order valence-corrected chi connectivity index (χ2v) is 9.24. The van der Waals surface area contributed by atoms with Crippen molar-refractivity contribution in [2.24, 2.45) is 0 Å². The summed E-state index contributed by atoms with van der Waals surface area (Å²) in [4.78, 5) is 4.06. The number of aromatic nitrogens is 3. The lowest BCUT2D eigenvalue weighted by Gasteiger charge is -2.33. The topological polar surface area (TPSA) is 79.6 Å². The van der Waals surface area contributed by atoms with Gasteiger partial charge in [-0.15, -0.1) is 5.10 Å². The number of sulfonamides is 1. The van der Waals surface area contributed by atoms with Gasteiger partial charge in [-0.25, -0.2) is 26.7 Å². The van der Waals surface area contributed by atoms with Crippen LogP contribution in [0.4, 0.5) is 14.7 Å². The number of hydrogen-bond acceptors (Lipinski definition) is 5. The van der Waals surface area contributed by atoms with Gasteiger partial charge in [-0.1, -0.05) is 25.4 Å². The van der Waals surface area contributed by atoms with Crippen molar-refractivity contribution in [1.82, 2.24) is 18.9 Å². The first-order valence-electron chi connectivity index (χ1n) is 8.71. The normalized spacial score (nSPS) is 22.9. The fourth-order valence-corrected chi connectivity index (χ4v) is 4.41.